The molecule has 0 fully saturated rings. The average Bonchev–Trinajstić information content (AvgIpc) is 1.41. The van der Waals surface area contributed by atoms with Gasteiger partial charge in [0.15, 0.2) is 0 Å². The van der Waals surface area contributed by atoms with E-state index in [4.69, 9.17) is 6.42 Å². The summed E-state index contributed by atoms with van der Waals surface area (Å²) in [5.41, 5.74) is 0. The van der Waals surface area contributed by atoms with Gasteiger partial charge < -0.3 is 0 Å². The van der Waals surface area contributed by atoms with E-state index in [0.717, 1.165) is 6.42 Å². The van der Waals surface area contributed by atoms with Crippen molar-refractivity contribution in [2.45, 2.75) is 12.8 Å². The second kappa shape index (κ2) is 3.78. The van der Waals surface area contributed by atoms with E-state index in [1.165, 1.54) is 0 Å². The van der Waals surface area contributed by atoms with Crippen molar-refractivity contribution in [3.8, 4) is 5.92 Å². The number of hydrogen-bond acceptors (Lipinski definition) is 0. The van der Waals surface area contributed by atoms with Crippen molar-refractivity contribution in [1.29, 1.82) is 0 Å². The van der Waals surface area contributed by atoms with E-state index in [1.54, 1.807) is 0 Å². The number of rotatable bonds is 1. The van der Waals surface area contributed by atoms with Gasteiger partial charge in [-0.15, -0.1) is 0 Å². The Labute approximate surface area is 33.2 Å². The van der Waals surface area contributed by atoms with Gasteiger partial charge in [-0.1, -0.05) is 0 Å². The van der Waals surface area contributed by atoms with Crippen LogP contribution in [0.5, 0.6) is 0 Å². The monoisotopic (exact) mass is 66.0 g/mol. The Hall–Kier alpha value is -0.220. The van der Waals surface area contributed by atoms with E-state index in [2.05, 4.69) is 12.8 Å². The molecule has 0 rings (SSSR count). The molecule has 0 amide bonds. The molecule has 0 saturated heterocycles. The molecule has 0 bridgehead atoms. The maximum atomic E-state index is 6.31. The van der Waals surface area contributed by atoms with Gasteiger partial charge in [-0.3, -0.25) is 0 Å². The van der Waals surface area contributed by atoms with Gasteiger partial charge in [-0.25, -0.2) is 0 Å². The molecule has 0 aliphatic heterocycles. The molecule has 0 radical (unpaired) electrons. The van der Waals surface area contributed by atoms with Gasteiger partial charge in [0.25, 0.3) is 0 Å². The summed E-state index contributed by atoms with van der Waals surface area (Å²) in [6, 6.07) is 0. The normalized spacial score (nSPS) is 7.00. The molecule has 26 valence electrons. The van der Waals surface area contributed by atoms with Crippen LogP contribution in [-0.2, 0) is 0 Å². The van der Waals surface area contributed by atoms with Crippen LogP contribution < -0.4 is 0 Å². The molecule has 5 heavy (non-hydrogen) atoms. The Balaban J connectivity index is 2.48. The topological polar surface area (TPSA) is 0 Å². The summed E-state index contributed by atoms with van der Waals surface area (Å²) in [6.45, 7) is 3.49. The van der Waals surface area contributed by atoms with Crippen molar-refractivity contribution < 1.29 is 0 Å². The first-order valence-corrected chi connectivity index (χ1v) is 1.60. The van der Waals surface area contributed by atoms with Gasteiger partial charge in [0.2, 0.25) is 0 Å². The fourth-order valence-corrected chi connectivity index (χ4v) is 0.0884. The summed E-state index contributed by atoms with van der Waals surface area (Å²) in [4.78, 5) is 0. The quantitative estimate of drug-likeness (QED) is 0.318. The Morgan fingerprint density at radius 2 is 2.40 bits per heavy atom. The molecule has 0 unspecified atom stereocenters. The first kappa shape index (κ1) is 4.78. The molecule has 0 N–H and O–H groups in total. The van der Waals surface area contributed by atoms with Crippen molar-refractivity contribution in [1.82, 2.24) is 0 Å². The zero-order chi connectivity index (χ0) is 4.12. The summed E-state index contributed by atoms with van der Waals surface area (Å²) in [7, 11) is 0. The van der Waals surface area contributed by atoms with Crippen LogP contribution >= 0.6 is 0 Å². The van der Waals surface area contributed by atoms with Gasteiger partial charge in [0.05, 0.1) is 0 Å². The summed E-state index contributed by atoms with van der Waals surface area (Å²) in [6.07, 6.45) is 7.80. The first-order valence-electron chi connectivity index (χ1n) is 1.60. The zero-order valence-corrected chi connectivity index (χ0v) is 3.12. The second-order valence-electron chi connectivity index (χ2n) is 0.780. The number of unbranched alkanes of at least 4 members (excludes halogenated alkanes) is 1. The van der Waals surface area contributed by atoms with E-state index in [0.29, 0.717) is 6.42 Å². The molecule has 0 heteroatoms. The fourth-order valence-electron chi connectivity index (χ4n) is 0.0884. The van der Waals surface area contributed by atoms with Crippen LogP contribution in [-0.4, -0.2) is 0 Å². The molecule has 0 aliphatic carbocycles. The van der Waals surface area contributed by atoms with Crippen molar-refractivity contribution in [2.75, 3.05) is 0 Å². The molecule has 0 aromatic carbocycles. The van der Waals surface area contributed by atoms with Crippen LogP contribution in [0, 0.1) is 19.3 Å². The molecule has 0 saturated carbocycles. The van der Waals surface area contributed by atoms with E-state index in [9.17, 15) is 0 Å². The molecule has 0 spiro atoms. The van der Waals surface area contributed by atoms with Gasteiger partial charge in [-0.05, 0) is 0 Å². The van der Waals surface area contributed by atoms with Gasteiger partial charge in [-0.2, -0.15) is 0 Å². The van der Waals surface area contributed by atoms with E-state index < -0.39 is 0 Å². The van der Waals surface area contributed by atoms with Crippen molar-refractivity contribution >= 4 is 0 Å². The fraction of sp³-hybridized carbons (Fsp3) is 0.400. The van der Waals surface area contributed by atoms with Crippen LogP contribution in [0.1, 0.15) is 12.8 Å². The second-order valence-corrected chi connectivity index (χ2v) is 0.780. The minimum atomic E-state index is 0.694. The van der Waals surface area contributed by atoms with Crippen LogP contribution in [0.25, 0.3) is 0 Å². The van der Waals surface area contributed by atoms with Gasteiger partial charge in [0.1, 0.15) is 0 Å². The summed E-state index contributed by atoms with van der Waals surface area (Å²) in [5.74, 6) is 2.20. The molecule has 0 aromatic rings. The third-order valence-corrected chi connectivity index (χ3v) is 0.302. The molecule has 0 aromatic heterocycles. The van der Waals surface area contributed by atoms with Crippen molar-refractivity contribution in [3.05, 3.63) is 13.3 Å². The number of hydrogen-bond donors (Lipinski definition) is 0. The van der Waals surface area contributed by atoms with Crippen LogP contribution in [0.15, 0.2) is 0 Å². The summed E-state index contributed by atoms with van der Waals surface area (Å²) in [5, 5.41) is 0. The standard InChI is InChI=1S/C5H6/c1-3-5-4-2/h1,3,5H2. The van der Waals surface area contributed by atoms with Crippen LogP contribution in [0.4, 0.5) is 0 Å². The SMILES string of the molecule is [C+]#CCC[CH2-]. The summed E-state index contributed by atoms with van der Waals surface area (Å²) < 4.78 is 0. The van der Waals surface area contributed by atoms with Gasteiger partial charge in [0, 0.05) is 0 Å². The van der Waals surface area contributed by atoms with E-state index in [-0.39, 0.29) is 0 Å². The zero-order valence-electron chi connectivity index (χ0n) is 3.12. The predicted molar refractivity (Wildman–Crippen MR) is 21.7 cm³/mol. The molecular weight excluding hydrogens is 60.1 g/mol. The molecule has 0 heterocycles. The third-order valence-electron chi connectivity index (χ3n) is 0.302. The minimum absolute atomic E-state index is 0.694. The van der Waals surface area contributed by atoms with Crippen molar-refractivity contribution in [3.63, 3.8) is 0 Å². The first-order chi connectivity index (χ1) is 2.41. The predicted octanol–water partition coefficient (Wildman–Crippen LogP) is 1.19. The Kier molecular flexibility index (Phi) is 3.61. The molecular formula is C5H6. The van der Waals surface area contributed by atoms with Crippen molar-refractivity contribution in [2.24, 2.45) is 0 Å². The molecule has 0 atom stereocenters. The van der Waals surface area contributed by atoms with Gasteiger partial charge >= 0.3 is 32.1 Å². The molecule has 0 nitrogen and oxygen atoms in total. The average molecular weight is 66.1 g/mol. The Bertz CT molecular complexity index is 38.5. The van der Waals surface area contributed by atoms with Crippen LogP contribution in [0.2, 0.25) is 0 Å². The Morgan fingerprint density at radius 1 is 1.80 bits per heavy atom. The maximum absolute atomic E-state index is 6.31. The molecule has 0 aliphatic rings. The van der Waals surface area contributed by atoms with E-state index >= 15 is 0 Å². The summed E-state index contributed by atoms with van der Waals surface area (Å²) >= 11 is 0. The Morgan fingerprint density at radius 3 is 2.40 bits per heavy atom. The van der Waals surface area contributed by atoms with E-state index in [1.807, 2.05) is 0 Å². The van der Waals surface area contributed by atoms with Crippen LogP contribution in [0.3, 0.4) is 0 Å². The third kappa shape index (κ3) is 3.78.